The molecule has 0 aliphatic carbocycles. The van der Waals surface area contributed by atoms with Crippen molar-refractivity contribution in [1.82, 2.24) is 15.3 Å². The minimum absolute atomic E-state index is 0.0602. The third kappa shape index (κ3) is 6.61. The Kier molecular flexibility index (Phi) is 8.89. The SMILES string of the molecule is CCOC(=O)Cn1cc(/C=N\NC(=O)C(NC(=O)c2ccc(Cl)c(Cl)c2)C(C)C)c2ccccc21. The van der Waals surface area contributed by atoms with Gasteiger partial charge in [-0.15, -0.1) is 0 Å². The van der Waals surface area contributed by atoms with Gasteiger partial charge in [-0.3, -0.25) is 14.4 Å². The zero-order valence-electron chi connectivity index (χ0n) is 19.5. The average Bonchev–Trinajstić information content (AvgIpc) is 3.16. The number of nitrogens with one attached hydrogen (secondary N) is 2. The number of halogens is 2. The summed E-state index contributed by atoms with van der Waals surface area (Å²) in [6.45, 7) is 5.74. The van der Waals surface area contributed by atoms with Gasteiger partial charge in [-0.2, -0.15) is 5.10 Å². The normalized spacial score (nSPS) is 12.2. The fourth-order valence-electron chi connectivity index (χ4n) is 3.49. The van der Waals surface area contributed by atoms with Crippen LogP contribution in [0.1, 0.15) is 36.7 Å². The first-order chi connectivity index (χ1) is 16.7. The predicted octanol–water partition coefficient (Wildman–Crippen LogP) is 4.42. The lowest BCUT2D eigenvalue weighted by Gasteiger charge is -2.20. The first-order valence-corrected chi connectivity index (χ1v) is 11.8. The third-order valence-electron chi connectivity index (χ3n) is 5.22. The highest BCUT2D eigenvalue weighted by molar-refractivity contribution is 6.42. The first-order valence-electron chi connectivity index (χ1n) is 11.0. The summed E-state index contributed by atoms with van der Waals surface area (Å²) in [6, 6.07) is 11.2. The Hall–Kier alpha value is -3.36. The zero-order chi connectivity index (χ0) is 25.5. The maximum Gasteiger partial charge on any atom is 0.325 e. The zero-order valence-corrected chi connectivity index (χ0v) is 21.1. The van der Waals surface area contributed by atoms with E-state index in [9.17, 15) is 14.4 Å². The summed E-state index contributed by atoms with van der Waals surface area (Å²) in [5.41, 5.74) is 4.33. The van der Waals surface area contributed by atoms with Crippen LogP contribution in [0.2, 0.25) is 10.0 Å². The number of hydrogen-bond acceptors (Lipinski definition) is 5. The van der Waals surface area contributed by atoms with E-state index in [1.807, 2.05) is 38.1 Å². The molecule has 0 radical (unpaired) electrons. The van der Waals surface area contributed by atoms with E-state index >= 15 is 0 Å². The number of hydrazone groups is 1. The molecule has 0 saturated carbocycles. The van der Waals surface area contributed by atoms with Gasteiger partial charge < -0.3 is 14.6 Å². The number of benzene rings is 2. The van der Waals surface area contributed by atoms with Gasteiger partial charge >= 0.3 is 5.97 Å². The molecule has 184 valence electrons. The fourth-order valence-corrected chi connectivity index (χ4v) is 3.78. The number of ether oxygens (including phenoxy) is 1. The molecule has 0 aliphatic heterocycles. The van der Waals surface area contributed by atoms with E-state index in [1.54, 1.807) is 17.7 Å². The maximum atomic E-state index is 12.8. The molecule has 8 nitrogen and oxygen atoms in total. The summed E-state index contributed by atoms with van der Waals surface area (Å²) >= 11 is 11.9. The predicted molar refractivity (Wildman–Crippen MR) is 137 cm³/mol. The number of amides is 2. The van der Waals surface area contributed by atoms with Crippen LogP contribution in [0.15, 0.2) is 53.8 Å². The van der Waals surface area contributed by atoms with Crippen molar-refractivity contribution in [3.05, 3.63) is 69.8 Å². The smallest absolute Gasteiger partial charge is 0.325 e. The van der Waals surface area contributed by atoms with Crippen molar-refractivity contribution in [1.29, 1.82) is 0 Å². The molecule has 1 unspecified atom stereocenters. The van der Waals surface area contributed by atoms with E-state index in [0.29, 0.717) is 17.2 Å². The van der Waals surface area contributed by atoms with Crippen molar-refractivity contribution < 1.29 is 19.1 Å². The van der Waals surface area contributed by atoms with Gasteiger partial charge in [-0.05, 0) is 37.1 Å². The van der Waals surface area contributed by atoms with Crippen molar-refractivity contribution in [2.45, 2.75) is 33.4 Å². The van der Waals surface area contributed by atoms with E-state index in [4.69, 9.17) is 27.9 Å². The van der Waals surface area contributed by atoms with Crippen molar-refractivity contribution in [2.75, 3.05) is 6.61 Å². The molecule has 1 aromatic heterocycles. The van der Waals surface area contributed by atoms with Crippen LogP contribution < -0.4 is 10.7 Å². The lowest BCUT2D eigenvalue weighted by molar-refractivity contribution is -0.143. The van der Waals surface area contributed by atoms with Crippen LogP contribution in [0.3, 0.4) is 0 Å². The molecule has 2 N–H and O–H groups in total. The van der Waals surface area contributed by atoms with E-state index in [0.717, 1.165) is 10.9 Å². The number of rotatable bonds is 9. The van der Waals surface area contributed by atoms with Crippen molar-refractivity contribution in [3.63, 3.8) is 0 Å². The second kappa shape index (κ2) is 11.9. The quantitative estimate of drug-likeness (QED) is 0.249. The van der Waals surface area contributed by atoms with Gasteiger partial charge in [0.2, 0.25) is 0 Å². The van der Waals surface area contributed by atoms with Gasteiger partial charge in [-0.1, -0.05) is 55.2 Å². The maximum absolute atomic E-state index is 12.8. The standard InChI is InChI=1S/C25H26Cl2N4O4/c1-4-35-22(32)14-31-13-17(18-7-5-6-8-21(18)31)12-28-30-25(34)23(15(2)3)29-24(33)16-9-10-19(26)20(27)11-16/h5-13,15,23H,4,14H2,1-3H3,(H,29,33)(H,30,34)/b28-12-. The molecule has 0 spiro atoms. The Bertz CT molecular complexity index is 1270. The molecule has 3 rings (SSSR count). The molecule has 2 amide bonds. The number of nitrogens with zero attached hydrogens (tertiary/aromatic N) is 2. The molecule has 0 aliphatic rings. The number of carbonyl (C=O) groups is 3. The number of esters is 1. The van der Waals surface area contributed by atoms with Gasteiger partial charge in [-0.25, -0.2) is 5.43 Å². The number of hydrogen-bond donors (Lipinski definition) is 2. The van der Waals surface area contributed by atoms with Gasteiger partial charge in [0.25, 0.3) is 11.8 Å². The van der Waals surface area contributed by atoms with Crippen molar-refractivity contribution in [2.24, 2.45) is 11.0 Å². The molecule has 0 saturated heterocycles. The molecule has 35 heavy (non-hydrogen) atoms. The van der Waals surface area contributed by atoms with Gasteiger partial charge in [0.15, 0.2) is 0 Å². The number of para-hydroxylation sites is 1. The van der Waals surface area contributed by atoms with E-state index < -0.39 is 17.9 Å². The number of carbonyl (C=O) groups excluding carboxylic acids is 3. The van der Waals surface area contributed by atoms with Crippen LogP contribution in [0, 0.1) is 5.92 Å². The van der Waals surface area contributed by atoms with Crippen LogP contribution in [0.4, 0.5) is 0 Å². The van der Waals surface area contributed by atoms with Crippen LogP contribution >= 0.6 is 23.2 Å². The molecule has 0 fully saturated rings. The molecule has 10 heteroatoms. The molecular weight excluding hydrogens is 491 g/mol. The summed E-state index contributed by atoms with van der Waals surface area (Å²) in [4.78, 5) is 37.4. The van der Waals surface area contributed by atoms with Crippen LogP contribution in [0.25, 0.3) is 10.9 Å². The Balaban J connectivity index is 1.72. The summed E-state index contributed by atoms with van der Waals surface area (Å²) in [5, 5.41) is 8.24. The molecule has 0 bridgehead atoms. The molecule has 1 heterocycles. The van der Waals surface area contributed by atoms with Crippen molar-refractivity contribution >= 4 is 58.1 Å². The topological polar surface area (TPSA) is 102 Å². The Morgan fingerprint density at radius 3 is 2.54 bits per heavy atom. The highest BCUT2D eigenvalue weighted by atomic mass is 35.5. The van der Waals surface area contributed by atoms with Crippen molar-refractivity contribution in [3.8, 4) is 0 Å². The van der Waals surface area contributed by atoms with Crippen LogP contribution in [0.5, 0.6) is 0 Å². The highest BCUT2D eigenvalue weighted by Gasteiger charge is 2.25. The molecular formula is C25H26Cl2N4O4. The lowest BCUT2D eigenvalue weighted by Crippen LogP contribution is -2.48. The Morgan fingerprint density at radius 1 is 1.11 bits per heavy atom. The third-order valence-corrected chi connectivity index (χ3v) is 5.96. The minimum atomic E-state index is -0.834. The van der Waals surface area contributed by atoms with E-state index in [2.05, 4.69) is 15.8 Å². The Morgan fingerprint density at radius 2 is 1.86 bits per heavy atom. The summed E-state index contributed by atoms with van der Waals surface area (Å²) in [7, 11) is 0. The summed E-state index contributed by atoms with van der Waals surface area (Å²) in [5.74, 6) is -1.48. The van der Waals surface area contributed by atoms with Crippen LogP contribution in [-0.2, 0) is 20.9 Å². The highest BCUT2D eigenvalue weighted by Crippen LogP contribution is 2.23. The Labute approximate surface area is 213 Å². The monoisotopic (exact) mass is 516 g/mol. The van der Waals surface area contributed by atoms with Gasteiger partial charge in [0.1, 0.15) is 12.6 Å². The second-order valence-corrected chi connectivity index (χ2v) is 8.91. The average molecular weight is 517 g/mol. The van der Waals surface area contributed by atoms with E-state index in [1.165, 1.54) is 24.4 Å². The second-order valence-electron chi connectivity index (χ2n) is 8.09. The molecule has 1 atom stereocenters. The largest absolute Gasteiger partial charge is 0.465 e. The lowest BCUT2D eigenvalue weighted by atomic mass is 10.0. The number of fused-ring (bicyclic) bond motifs is 1. The van der Waals surface area contributed by atoms with Gasteiger partial charge in [0.05, 0.1) is 22.9 Å². The molecule has 2 aromatic carbocycles. The minimum Gasteiger partial charge on any atom is -0.465 e. The molecule has 3 aromatic rings. The fraction of sp³-hybridized carbons (Fsp3) is 0.280. The van der Waals surface area contributed by atoms with E-state index in [-0.39, 0.29) is 29.0 Å². The van der Waals surface area contributed by atoms with Crippen LogP contribution in [-0.4, -0.2) is 41.2 Å². The number of aromatic nitrogens is 1. The van der Waals surface area contributed by atoms with Gasteiger partial charge in [0, 0.05) is 28.2 Å². The summed E-state index contributed by atoms with van der Waals surface area (Å²) in [6.07, 6.45) is 3.27. The first kappa shape index (κ1) is 26.2. The summed E-state index contributed by atoms with van der Waals surface area (Å²) < 4.78 is 6.81.